The standard InChI is InChI=1S/C18H16BrClN2/c1-13-21-18(19)12-22(13)10-9-15-7-8-16(11-17(15)20)14-5-3-2-4-6-14/h2-8,11-12H,9-10H2,1H3. The quantitative estimate of drug-likeness (QED) is 0.587. The summed E-state index contributed by atoms with van der Waals surface area (Å²) in [6.07, 6.45) is 2.89. The second-order valence-corrected chi connectivity index (χ2v) is 6.45. The van der Waals surface area contributed by atoms with E-state index in [0.717, 1.165) is 39.5 Å². The predicted octanol–water partition coefficient (Wildman–Crippen LogP) is 5.52. The lowest BCUT2D eigenvalue weighted by Gasteiger charge is -2.09. The van der Waals surface area contributed by atoms with Gasteiger partial charge in [0, 0.05) is 17.8 Å². The second kappa shape index (κ2) is 6.67. The van der Waals surface area contributed by atoms with Crippen molar-refractivity contribution in [2.75, 3.05) is 0 Å². The monoisotopic (exact) mass is 374 g/mol. The van der Waals surface area contributed by atoms with Crippen LogP contribution >= 0.6 is 27.5 Å². The van der Waals surface area contributed by atoms with Crippen LogP contribution in [0.25, 0.3) is 11.1 Å². The summed E-state index contributed by atoms with van der Waals surface area (Å²) >= 11 is 9.86. The lowest BCUT2D eigenvalue weighted by atomic mass is 10.0. The Morgan fingerprint density at radius 3 is 2.50 bits per heavy atom. The molecule has 3 rings (SSSR count). The van der Waals surface area contributed by atoms with Gasteiger partial charge in [0.15, 0.2) is 0 Å². The van der Waals surface area contributed by atoms with Crippen molar-refractivity contribution in [2.24, 2.45) is 0 Å². The van der Waals surface area contributed by atoms with Crippen LogP contribution in [0.1, 0.15) is 11.4 Å². The molecule has 2 nitrogen and oxygen atoms in total. The third-order valence-corrected chi connectivity index (χ3v) is 4.46. The molecule has 0 saturated carbocycles. The summed E-state index contributed by atoms with van der Waals surface area (Å²) in [5, 5.41) is 0.818. The van der Waals surface area contributed by atoms with Gasteiger partial charge in [-0.1, -0.05) is 54.1 Å². The van der Waals surface area contributed by atoms with Gasteiger partial charge >= 0.3 is 0 Å². The van der Waals surface area contributed by atoms with Crippen LogP contribution in [-0.2, 0) is 13.0 Å². The van der Waals surface area contributed by atoms with E-state index in [0.29, 0.717) is 0 Å². The zero-order valence-corrected chi connectivity index (χ0v) is 14.6. The van der Waals surface area contributed by atoms with Gasteiger partial charge in [0.1, 0.15) is 10.4 Å². The number of aromatic nitrogens is 2. The zero-order chi connectivity index (χ0) is 15.5. The van der Waals surface area contributed by atoms with Crippen molar-refractivity contribution in [1.29, 1.82) is 0 Å². The minimum atomic E-state index is 0.818. The van der Waals surface area contributed by atoms with Gasteiger partial charge in [-0.3, -0.25) is 0 Å². The summed E-state index contributed by atoms with van der Waals surface area (Å²) in [5.41, 5.74) is 3.49. The highest BCUT2D eigenvalue weighted by Gasteiger charge is 2.06. The summed E-state index contributed by atoms with van der Waals surface area (Å²) in [6, 6.07) is 16.6. The topological polar surface area (TPSA) is 17.8 Å². The third-order valence-electron chi connectivity index (χ3n) is 3.73. The van der Waals surface area contributed by atoms with Crippen LogP contribution in [0.3, 0.4) is 0 Å². The summed E-state index contributed by atoms with van der Waals surface area (Å²) in [4.78, 5) is 4.35. The number of rotatable bonds is 4. The van der Waals surface area contributed by atoms with Gasteiger partial charge in [0.2, 0.25) is 0 Å². The van der Waals surface area contributed by atoms with Crippen LogP contribution in [0.2, 0.25) is 5.02 Å². The third kappa shape index (κ3) is 3.42. The van der Waals surface area contributed by atoms with Gasteiger partial charge in [-0.2, -0.15) is 0 Å². The fourth-order valence-corrected chi connectivity index (χ4v) is 3.28. The first-order valence-electron chi connectivity index (χ1n) is 7.16. The zero-order valence-electron chi connectivity index (χ0n) is 12.3. The highest BCUT2D eigenvalue weighted by atomic mass is 79.9. The van der Waals surface area contributed by atoms with Gasteiger partial charge in [0.05, 0.1) is 0 Å². The van der Waals surface area contributed by atoms with Gasteiger partial charge in [0.25, 0.3) is 0 Å². The number of hydrogen-bond donors (Lipinski definition) is 0. The van der Waals surface area contributed by atoms with E-state index in [1.807, 2.05) is 37.4 Å². The number of hydrogen-bond acceptors (Lipinski definition) is 1. The highest BCUT2D eigenvalue weighted by Crippen LogP contribution is 2.26. The maximum absolute atomic E-state index is 6.46. The molecule has 0 atom stereocenters. The van der Waals surface area contributed by atoms with E-state index in [1.54, 1.807) is 0 Å². The van der Waals surface area contributed by atoms with Crippen LogP contribution in [0.5, 0.6) is 0 Å². The highest BCUT2D eigenvalue weighted by molar-refractivity contribution is 9.10. The Morgan fingerprint density at radius 2 is 1.86 bits per heavy atom. The Labute approximate surface area is 143 Å². The molecule has 2 aromatic carbocycles. The average molecular weight is 376 g/mol. The summed E-state index contributed by atoms with van der Waals surface area (Å²) < 4.78 is 3.00. The first-order chi connectivity index (χ1) is 10.6. The molecule has 0 unspecified atom stereocenters. The van der Waals surface area contributed by atoms with E-state index in [-0.39, 0.29) is 0 Å². The van der Waals surface area contributed by atoms with Gasteiger partial charge < -0.3 is 4.57 Å². The van der Waals surface area contributed by atoms with Crippen molar-refractivity contribution >= 4 is 27.5 Å². The first kappa shape index (κ1) is 15.3. The van der Waals surface area contributed by atoms with Crippen LogP contribution in [0.4, 0.5) is 0 Å². The lowest BCUT2D eigenvalue weighted by molar-refractivity contribution is 0.673. The number of halogens is 2. The molecule has 0 amide bonds. The Morgan fingerprint density at radius 1 is 1.09 bits per heavy atom. The van der Waals surface area contributed by atoms with Gasteiger partial charge in [-0.15, -0.1) is 0 Å². The summed E-state index contributed by atoms with van der Waals surface area (Å²) in [6.45, 7) is 2.87. The van der Waals surface area contributed by atoms with Gasteiger partial charge in [-0.25, -0.2) is 4.98 Å². The summed E-state index contributed by atoms with van der Waals surface area (Å²) in [7, 11) is 0. The van der Waals surface area contributed by atoms with Crippen molar-refractivity contribution in [2.45, 2.75) is 19.9 Å². The fraction of sp³-hybridized carbons (Fsp3) is 0.167. The number of benzene rings is 2. The van der Waals surface area contributed by atoms with Crippen LogP contribution < -0.4 is 0 Å². The van der Waals surface area contributed by atoms with E-state index in [2.05, 4.69) is 49.7 Å². The molecule has 0 N–H and O–H groups in total. The Kier molecular flexibility index (Phi) is 4.65. The molecule has 0 fully saturated rings. The smallest absolute Gasteiger partial charge is 0.124 e. The molecule has 112 valence electrons. The molecule has 0 spiro atoms. The molecule has 0 radical (unpaired) electrons. The number of aryl methyl sites for hydroxylation is 3. The van der Waals surface area contributed by atoms with Crippen molar-refractivity contribution in [3.05, 3.63) is 75.7 Å². The molecule has 0 bridgehead atoms. The minimum absolute atomic E-state index is 0.818. The van der Waals surface area contributed by atoms with E-state index in [9.17, 15) is 0 Å². The molecule has 1 heterocycles. The van der Waals surface area contributed by atoms with Crippen LogP contribution in [0, 0.1) is 6.92 Å². The molecular formula is C18H16BrClN2. The van der Waals surface area contributed by atoms with Crippen LogP contribution in [0.15, 0.2) is 59.3 Å². The Balaban J connectivity index is 1.77. The lowest BCUT2D eigenvalue weighted by Crippen LogP contribution is -2.02. The molecule has 3 aromatic rings. The molecule has 4 heteroatoms. The van der Waals surface area contributed by atoms with Crippen molar-refractivity contribution in [1.82, 2.24) is 9.55 Å². The molecule has 22 heavy (non-hydrogen) atoms. The summed E-state index contributed by atoms with van der Waals surface area (Å²) in [5.74, 6) is 1.00. The van der Waals surface area contributed by atoms with E-state index < -0.39 is 0 Å². The fourth-order valence-electron chi connectivity index (χ4n) is 2.50. The SMILES string of the molecule is Cc1nc(Br)cn1CCc1ccc(-c2ccccc2)cc1Cl. The molecule has 0 saturated heterocycles. The molecule has 0 aliphatic rings. The van der Waals surface area contributed by atoms with E-state index in [4.69, 9.17) is 11.6 Å². The number of nitrogens with zero attached hydrogens (tertiary/aromatic N) is 2. The largest absolute Gasteiger partial charge is 0.334 e. The Hall–Kier alpha value is -1.58. The van der Waals surface area contributed by atoms with E-state index >= 15 is 0 Å². The molecule has 0 aliphatic heterocycles. The van der Waals surface area contributed by atoms with Gasteiger partial charge in [-0.05, 0) is 52.0 Å². The maximum atomic E-state index is 6.46. The minimum Gasteiger partial charge on any atom is -0.334 e. The molecule has 0 aliphatic carbocycles. The van der Waals surface area contributed by atoms with Crippen LogP contribution in [-0.4, -0.2) is 9.55 Å². The normalized spacial score (nSPS) is 10.9. The maximum Gasteiger partial charge on any atom is 0.124 e. The van der Waals surface area contributed by atoms with Crippen molar-refractivity contribution < 1.29 is 0 Å². The van der Waals surface area contributed by atoms with E-state index in [1.165, 1.54) is 5.56 Å². The average Bonchev–Trinajstić information content (AvgIpc) is 2.85. The molecule has 1 aromatic heterocycles. The van der Waals surface area contributed by atoms with Crippen molar-refractivity contribution in [3.8, 4) is 11.1 Å². The first-order valence-corrected chi connectivity index (χ1v) is 8.34. The van der Waals surface area contributed by atoms with Crippen molar-refractivity contribution in [3.63, 3.8) is 0 Å². The second-order valence-electron chi connectivity index (χ2n) is 5.23. The predicted molar refractivity (Wildman–Crippen MR) is 95.3 cm³/mol. The Bertz CT molecular complexity index is 781. The molecular weight excluding hydrogens is 360 g/mol. The number of imidazole rings is 1.